The van der Waals surface area contributed by atoms with E-state index in [2.05, 4.69) is 28.6 Å². The van der Waals surface area contributed by atoms with Crippen molar-refractivity contribution in [3.05, 3.63) is 29.8 Å². The van der Waals surface area contributed by atoms with Gasteiger partial charge in [-0.15, -0.1) is 0 Å². The molecule has 5 heteroatoms. The molecule has 2 N–H and O–H groups in total. The van der Waals surface area contributed by atoms with Gasteiger partial charge in [0.1, 0.15) is 12.4 Å². The molecule has 104 valence electrons. The fourth-order valence-electron chi connectivity index (χ4n) is 1.83. The van der Waals surface area contributed by atoms with Crippen molar-refractivity contribution >= 4 is 5.96 Å². The van der Waals surface area contributed by atoms with E-state index in [1.54, 1.807) is 7.11 Å². The monoisotopic (exact) mass is 263 g/mol. The Hall–Kier alpha value is -1.75. The Labute approximate surface area is 114 Å². The molecule has 1 heterocycles. The Morgan fingerprint density at radius 3 is 3.05 bits per heavy atom. The Bertz CT molecular complexity index is 434. The fourth-order valence-corrected chi connectivity index (χ4v) is 1.83. The Morgan fingerprint density at radius 2 is 2.32 bits per heavy atom. The molecule has 1 atom stereocenters. The summed E-state index contributed by atoms with van der Waals surface area (Å²) in [5, 5.41) is 6.55. The third-order valence-corrected chi connectivity index (χ3v) is 2.82. The van der Waals surface area contributed by atoms with Gasteiger partial charge >= 0.3 is 0 Å². The molecule has 0 fully saturated rings. The van der Waals surface area contributed by atoms with E-state index in [1.807, 2.05) is 18.2 Å². The topological polar surface area (TPSA) is 54.9 Å². The van der Waals surface area contributed by atoms with Crippen molar-refractivity contribution in [3.8, 4) is 5.75 Å². The minimum atomic E-state index is 0.422. The van der Waals surface area contributed by atoms with Gasteiger partial charge in [0, 0.05) is 19.7 Å². The summed E-state index contributed by atoms with van der Waals surface area (Å²) in [6, 6.07) is 8.46. The van der Waals surface area contributed by atoms with Gasteiger partial charge in [-0.3, -0.25) is 4.99 Å². The third kappa shape index (κ3) is 4.44. The smallest absolute Gasteiger partial charge is 0.191 e. The van der Waals surface area contributed by atoms with Crippen molar-refractivity contribution in [1.29, 1.82) is 0 Å². The lowest BCUT2D eigenvalue weighted by Crippen LogP contribution is -2.37. The molecule has 1 aliphatic rings. The maximum absolute atomic E-state index is 5.58. The van der Waals surface area contributed by atoms with Crippen LogP contribution in [0.15, 0.2) is 29.3 Å². The first kappa shape index (κ1) is 13.7. The second kappa shape index (κ2) is 6.99. The maximum Gasteiger partial charge on any atom is 0.191 e. The zero-order valence-corrected chi connectivity index (χ0v) is 11.5. The predicted molar refractivity (Wildman–Crippen MR) is 75.6 cm³/mol. The largest absolute Gasteiger partial charge is 0.491 e. The highest BCUT2D eigenvalue weighted by Gasteiger charge is 2.11. The molecule has 0 amide bonds. The lowest BCUT2D eigenvalue weighted by atomic mass is 10.2. The van der Waals surface area contributed by atoms with E-state index >= 15 is 0 Å². The SMILES string of the molecule is COCCOc1cccc(CNC2=NCC(C)N2)c1. The molecule has 0 aliphatic carbocycles. The van der Waals surface area contributed by atoms with Gasteiger partial charge < -0.3 is 20.1 Å². The highest BCUT2D eigenvalue weighted by molar-refractivity contribution is 5.81. The first-order valence-electron chi connectivity index (χ1n) is 6.53. The van der Waals surface area contributed by atoms with Crippen LogP contribution in [0, 0.1) is 0 Å². The van der Waals surface area contributed by atoms with Crippen LogP contribution < -0.4 is 15.4 Å². The quantitative estimate of drug-likeness (QED) is 0.756. The molecule has 0 aromatic heterocycles. The summed E-state index contributed by atoms with van der Waals surface area (Å²) < 4.78 is 10.5. The number of hydrogen-bond donors (Lipinski definition) is 2. The normalized spacial score (nSPS) is 17.8. The lowest BCUT2D eigenvalue weighted by Gasteiger charge is -2.10. The molecule has 5 nitrogen and oxygen atoms in total. The van der Waals surface area contributed by atoms with Crippen LogP contribution in [-0.2, 0) is 11.3 Å². The number of nitrogens with zero attached hydrogens (tertiary/aromatic N) is 1. The van der Waals surface area contributed by atoms with Gasteiger partial charge in [-0.25, -0.2) is 0 Å². The van der Waals surface area contributed by atoms with Crippen LogP contribution >= 0.6 is 0 Å². The first-order valence-corrected chi connectivity index (χ1v) is 6.53. The zero-order chi connectivity index (χ0) is 13.5. The van der Waals surface area contributed by atoms with Gasteiger partial charge in [0.2, 0.25) is 0 Å². The van der Waals surface area contributed by atoms with Gasteiger partial charge in [0.25, 0.3) is 0 Å². The van der Waals surface area contributed by atoms with E-state index in [1.165, 1.54) is 5.56 Å². The van der Waals surface area contributed by atoms with Crippen LogP contribution in [0.3, 0.4) is 0 Å². The van der Waals surface area contributed by atoms with Crippen LogP contribution in [0.1, 0.15) is 12.5 Å². The molecule has 1 aliphatic heterocycles. The molecule has 0 bridgehead atoms. The second-order valence-electron chi connectivity index (χ2n) is 4.58. The Morgan fingerprint density at radius 1 is 1.42 bits per heavy atom. The Balaban J connectivity index is 1.81. The number of hydrogen-bond acceptors (Lipinski definition) is 5. The fraction of sp³-hybridized carbons (Fsp3) is 0.500. The first-order chi connectivity index (χ1) is 9.28. The van der Waals surface area contributed by atoms with E-state index in [4.69, 9.17) is 9.47 Å². The molecule has 19 heavy (non-hydrogen) atoms. The molecule has 1 unspecified atom stereocenters. The van der Waals surface area contributed by atoms with Crippen LogP contribution in [-0.4, -0.2) is 38.9 Å². The predicted octanol–water partition coefficient (Wildman–Crippen LogP) is 1.15. The zero-order valence-electron chi connectivity index (χ0n) is 11.5. The summed E-state index contributed by atoms with van der Waals surface area (Å²) in [6.45, 7) is 4.85. The van der Waals surface area contributed by atoms with E-state index in [-0.39, 0.29) is 0 Å². The van der Waals surface area contributed by atoms with E-state index in [9.17, 15) is 0 Å². The van der Waals surface area contributed by atoms with Gasteiger partial charge in [0.05, 0.1) is 13.2 Å². The molecule has 1 aromatic rings. The summed E-state index contributed by atoms with van der Waals surface area (Å²) in [6.07, 6.45) is 0. The second-order valence-corrected chi connectivity index (χ2v) is 4.58. The molecular formula is C14H21N3O2. The minimum Gasteiger partial charge on any atom is -0.491 e. The van der Waals surface area contributed by atoms with Crippen molar-refractivity contribution in [1.82, 2.24) is 10.6 Å². The van der Waals surface area contributed by atoms with E-state index < -0.39 is 0 Å². The molecule has 2 rings (SSSR count). The number of aliphatic imine (C=N–C) groups is 1. The number of ether oxygens (including phenoxy) is 2. The highest BCUT2D eigenvalue weighted by atomic mass is 16.5. The van der Waals surface area contributed by atoms with Crippen molar-refractivity contribution < 1.29 is 9.47 Å². The number of guanidine groups is 1. The van der Waals surface area contributed by atoms with Crippen LogP contribution in [0.4, 0.5) is 0 Å². The van der Waals surface area contributed by atoms with Crippen molar-refractivity contribution in [2.24, 2.45) is 4.99 Å². The lowest BCUT2D eigenvalue weighted by molar-refractivity contribution is 0.146. The minimum absolute atomic E-state index is 0.422. The number of methoxy groups -OCH3 is 1. The van der Waals surface area contributed by atoms with Crippen molar-refractivity contribution in [3.63, 3.8) is 0 Å². The summed E-state index contributed by atoms with van der Waals surface area (Å²) in [5.74, 6) is 1.74. The van der Waals surface area contributed by atoms with Crippen molar-refractivity contribution in [2.75, 3.05) is 26.9 Å². The van der Waals surface area contributed by atoms with Crippen LogP contribution in [0.2, 0.25) is 0 Å². The standard InChI is InChI=1S/C14H21N3O2/c1-11-9-15-14(17-11)16-10-12-4-3-5-13(8-12)19-7-6-18-2/h3-5,8,11H,6-7,9-10H2,1-2H3,(H2,15,16,17). The maximum atomic E-state index is 5.58. The van der Waals surface area contributed by atoms with Crippen LogP contribution in [0.5, 0.6) is 5.75 Å². The van der Waals surface area contributed by atoms with Gasteiger partial charge in [-0.05, 0) is 24.6 Å². The van der Waals surface area contributed by atoms with Gasteiger partial charge in [-0.1, -0.05) is 12.1 Å². The van der Waals surface area contributed by atoms with Gasteiger partial charge in [-0.2, -0.15) is 0 Å². The highest BCUT2D eigenvalue weighted by Crippen LogP contribution is 2.13. The number of nitrogens with one attached hydrogen (secondary N) is 2. The number of benzene rings is 1. The summed E-state index contributed by atoms with van der Waals surface area (Å²) in [5.41, 5.74) is 1.17. The summed E-state index contributed by atoms with van der Waals surface area (Å²) in [4.78, 5) is 4.36. The summed E-state index contributed by atoms with van der Waals surface area (Å²) in [7, 11) is 1.67. The van der Waals surface area contributed by atoms with Crippen LogP contribution in [0.25, 0.3) is 0 Å². The van der Waals surface area contributed by atoms with E-state index in [0.717, 1.165) is 24.8 Å². The average Bonchev–Trinajstić information content (AvgIpc) is 2.83. The number of rotatable bonds is 6. The molecule has 0 saturated carbocycles. The average molecular weight is 263 g/mol. The molecule has 0 saturated heterocycles. The summed E-state index contributed by atoms with van der Waals surface area (Å²) >= 11 is 0. The van der Waals surface area contributed by atoms with E-state index in [0.29, 0.717) is 19.3 Å². The third-order valence-electron chi connectivity index (χ3n) is 2.82. The molecule has 0 radical (unpaired) electrons. The van der Waals surface area contributed by atoms with Crippen molar-refractivity contribution in [2.45, 2.75) is 19.5 Å². The molecular weight excluding hydrogens is 242 g/mol. The molecule has 0 spiro atoms. The Kier molecular flexibility index (Phi) is 5.03. The van der Waals surface area contributed by atoms with Gasteiger partial charge in [0.15, 0.2) is 5.96 Å². The molecule has 1 aromatic carbocycles.